The minimum Gasteiger partial charge on any atom is -0.370 e. The summed E-state index contributed by atoms with van der Waals surface area (Å²) in [5.41, 5.74) is 9.71. The van der Waals surface area contributed by atoms with Crippen molar-refractivity contribution in [2.75, 3.05) is 19.6 Å². The number of rotatable bonds is 7. The normalized spacial score (nSPS) is 18.4. The molecule has 1 fully saturated rings. The lowest BCUT2D eigenvalue weighted by atomic mass is 9.99. The second-order valence-electron chi connectivity index (χ2n) is 7.45. The average molecular weight is 366 g/mol. The fraction of sp³-hybridized carbons (Fsp3) is 0.455. The van der Waals surface area contributed by atoms with Gasteiger partial charge in [-0.25, -0.2) is 4.99 Å². The highest BCUT2D eigenvalue weighted by Gasteiger charge is 2.17. The summed E-state index contributed by atoms with van der Waals surface area (Å²) in [6.45, 7) is 7.08. The van der Waals surface area contributed by atoms with E-state index in [-0.39, 0.29) is 0 Å². The molecule has 27 heavy (non-hydrogen) atoms. The average Bonchev–Trinajstić information content (AvgIpc) is 2.68. The molecule has 1 aliphatic heterocycles. The number of hydrogen-bond acceptors (Lipinski definition) is 3. The third-order valence-electron chi connectivity index (χ3n) is 5.09. The predicted molar refractivity (Wildman–Crippen MR) is 111 cm³/mol. The van der Waals surface area contributed by atoms with Gasteiger partial charge < -0.3 is 11.1 Å². The number of nitrogens with two attached hydrogens (primary N) is 1. The molecule has 1 unspecified atom stereocenters. The number of pyridine rings is 1. The number of nitrogens with one attached hydrogen (secondary N) is 1. The maximum absolute atomic E-state index is 6.05. The number of nitrogens with zero attached hydrogens (tertiary/aromatic N) is 3. The van der Waals surface area contributed by atoms with Crippen LogP contribution < -0.4 is 11.1 Å². The van der Waals surface area contributed by atoms with Crippen molar-refractivity contribution in [1.82, 2.24) is 15.2 Å². The molecule has 0 amide bonds. The van der Waals surface area contributed by atoms with E-state index in [2.05, 4.69) is 51.4 Å². The molecule has 0 aliphatic carbocycles. The molecule has 2 heterocycles. The topological polar surface area (TPSA) is 66.5 Å². The second kappa shape index (κ2) is 10.1. The van der Waals surface area contributed by atoms with E-state index >= 15 is 0 Å². The Hall–Kier alpha value is -2.40. The fourth-order valence-electron chi connectivity index (χ4n) is 3.63. The van der Waals surface area contributed by atoms with Gasteiger partial charge in [0.25, 0.3) is 0 Å². The first-order valence-electron chi connectivity index (χ1n) is 9.93. The van der Waals surface area contributed by atoms with Gasteiger partial charge in [-0.1, -0.05) is 37.3 Å². The van der Waals surface area contributed by atoms with Crippen molar-refractivity contribution >= 4 is 5.96 Å². The molecule has 5 heteroatoms. The molecule has 1 atom stereocenters. The van der Waals surface area contributed by atoms with Crippen LogP contribution in [0, 0.1) is 5.92 Å². The van der Waals surface area contributed by atoms with Gasteiger partial charge in [0.2, 0.25) is 0 Å². The van der Waals surface area contributed by atoms with E-state index in [1.54, 1.807) is 0 Å². The third-order valence-corrected chi connectivity index (χ3v) is 5.09. The van der Waals surface area contributed by atoms with Gasteiger partial charge >= 0.3 is 0 Å². The Labute approximate surface area is 162 Å². The molecular formula is C22H31N5. The number of aromatic nitrogens is 1. The molecule has 0 saturated carbocycles. The Morgan fingerprint density at radius 1 is 1.22 bits per heavy atom. The Morgan fingerprint density at radius 2 is 2.04 bits per heavy atom. The summed E-state index contributed by atoms with van der Waals surface area (Å²) in [5.74, 6) is 1.29. The first-order chi connectivity index (χ1) is 13.2. The van der Waals surface area contributed by atoms with Crippen LogP contribution in [-0.4, -0.2) is 35.5 Å². The largest absolute Gasteiger partial charge is 0.370 e. The molecule has 2 aromatic rings. The van der Waals surface area contributed by atoms with E-state index in [4.69, 9.17) is 5.73 Å². The van der Waals surface area contributed by atoms with Crippen LogP contribution in [0.2, 0.25) is 0 Å². The van der Waals surface area contributed by atoms with Crippen LogP contribution in [0.3, 0.4) is 0 Å². The maximum atomic E-state index is 6.05. The minimum atomic E-state index is 0.493. The number of hydrogen-bond donors (Lipinski definition) is 2. The van der Waals surface area contributed by atoms with Crippen molar-refractivity contribution in [3.63, 3.8) is 0 Å². The molecule has 5 nitrogen and oxygen atoms in total. The molecule has 0 radical (unpaired) electrons. The molecule has 3 rings (SSSR count). The second-order valence-corrected chi connectivity index (χ2v) is 7.45. The van der Waals surface area contributed by atoms with Gasteiger partial charge in [-0.15, -0.1) is 0 Å². The Morgan fingerprint density at radius 3 is 2.81 bits per heavy atom. The number of benzene rings is 1. The predicted octanol–water partition coefficient (Wildman–Crippen LogP) is 2.96. The first kappa shape index (κ1) is 19.4. The number of piperidine rings is 1. The summed E-state index contributed by atoms with van der Waals surface area (Å²) < 4.78 is 0. The number of aliphatic imine (C=N–C) groups is 1. The van der Waals surface area contributed by atoms with Crippen LogP contribution in [-0.2, 0) is 19.5 Å². The summed E-state index contributed by atoms with van der Waals surface area (Å²) in [7, 11) is 0. The van der Waals surface area contributed by atoms with Gasteiger partial charge in [-0.3, -0.25) is 9.88 Å². The smallest absolute Gasteiger partial charge is 0.188 e. The fourth-order valence-corrected chi connectivity index (χ4v) is 3.63. The van der Waals surface area contributed by atoms with Gasteiger partial charge in [0.1, 0.15) is 0 Å². The van der Waals surface area contributed by atoms with E-state index in [1.165, 1.54) is 37.1 Å². The van der Waals surface area contributed by atoms with Gasteiger partial charge in [-0.05, 0) is 48.6 Å². The third kappa shape index (κ3) is 6.36. The van der Waals surface area contributed by atoms with Gasteiger partial charge in [-0.2, -0.15) is 0 Å². The summed E-state index contributed by atoms with van der Waals surface area (Å²) in [5, 5.41) is 3.19. The van der Waals surface area contributed by atoms with Crippen molar-refractivity contribution in [3.8, 4) is 0 Å². The lowest BCUT2D eigenvalue weighted by Crippen LogP contribution is -2.34. The van der Waals surface area contributed by atoms with Crippen molar-refractivity contribution in [2.45, 2.75) is 39.3 Å². The van der Waals surface area contributed by atoms with Crippen molar-refractivity contribution in [1.29, 1.82) is 0 Å². The van der Waals surface area contributed by atoms with E-state index in [1.807, 2.05) is 24.4 Å². The maximum Gasteiger partial charge on any atom is 0.188 e. The van der Waals surface area contributed by atoms with Crippen LogP contribution in [0.25, 0.3) is 0 Å². The van der Waals surface area contributed by atoms with E-state index in [9.17, 15) is 0 Å². The minimum absolute atomic E-state index is 0.493. The molecular weight excluding hydrogens is 334 g/mol. The lowest BCUT2D eigenvalue weighted by Gasteiger charge is -2.31. The Bertz CT molecular complexity index is 728. The Kier molecular flexibility index (Phi) is 7.22. The number of guanidine groups is 1. The van der Waals surface area contributed by atoms with Gasteiger partial charge in [0, 0.05) is 37.9 Å². The van der Waals surface area contributed by atoms with Crippen LogP contribution in [0.15, 0.2) is 53.7 Å². The zero-order valence-electron chi connectivity index (χ0n) is 16.3. The molecule has 1 aromatic carbocycles. The highest BCUT2D eigenvalue weighted by atomic mass is 15.1. The molecule has 1 aromatic heterocycles. The highest BCUT2D eigenvalue weighted by molar-refractivity contribution is 5.77. The molecule has 0 bridgehead atoms. The summed E-state index contributed by atoms with van der Waals surface area (Å²) in [6.07, 6.45) is 5.30. The van der Waals surface area contributed by atoms with Gasteiger partial charge in [0.05, 0.1) is 6.54 Å². The van der Waals surface area contributed by atoms with Crippen LogP contribution in [0.5, 0.6) is 0 Å². The lowest BCUT2D eigenvalue weighted by molar-refractivity contribution is 0.176. The summed E-state index contributed by atoms with van der Waals surface area (Å²) in [4.78, 5) is 11.4. The monoisotopic (exact) mass is 365 g/mol. The van der Waals surface area contributed by atoms with Crippen molar-refractivity contribution in [3.05, 3.63) is 65.5 Å². The quantitative estimate of drug-likeness (QED) is 0.585. The zero-order chi connectivity index (χ0) is 18.9. The van der Waals surface area contributed by atoms with Crippen LogP contribution in [0.1, 0.15) is 36.6 Å². The van der Waals surface area contributed by atoms with E-state index < -0.39 is 0 Å². The van der Waals surface area contributed by atoms with Crippen molar-refractivity contribution in [2.24, 2.45) is 16.6 Å². The molecule has 1 saturated heterocycles. The standard InChI is InChI=1S/C22H31N5/c1-18-7-6-14-27(16-18)17-20-9-3-2-8-19(20)15-26-22(23)25-13-11-21-10-4-5-12-24-21/h2-5,8-10,12,18H,6-7,11,13-17H2,1H3,(H3,23,25,26). The molecule has 3 N–H and O–H groups in total. The van der Waals surface area contributed by atoms with Crippen molar-refractivity contribution < 1.29 is 0 Å². The van der Waals surface area contributed by atoms with Crippen LogP contribution in [0.4, 0.5) is 0 Å². The van der Waals surface area contributed by atoms with Crippen LogP contribution >= 0.6 is 0 Å². The molecule has 144 valence electrons. The summed E-state index contributed by atoms with van der Waals surface area (Å²) >= 11 is 0. The zero-order valence-corrected chi connectivity index (χ0v) is 16.3. The number of likely N-dealkylation sites (tertiary alicyclic amines) is 1. The van der Waals surface area contributed by atoms with E-state index in [0.717, 1.165) is 31.1 Å². The molecule has 0 spiro atoms. The first-order valence-corrected chi connectivity index (χ1v) is 9.93. The Balaban J connectivity index is 1.51. The highest BCUT2D eigenvalue weighted by Crippen LogP contribution is 2.19. The SMILES string of the molecule is CC1CCCN(Cc2ccccc2CN=C(N)NCCc2ccccn2)C1. The van der Waals surface area contributed by atoms with E-state index in [0.29, 0.717) is 12.5 Å². The summed E-state index contributed by atoms with van der Waals surface area (Å²) in [6, 6.07) is 14.5. The molecule has 1 aliphatic rings. The van der Waals surface area contributed by atoms with Gasteiger partial charge in [0.15, 0.2) is 5.96 Å².